The Hall–Kier alpha value is -1.78. The van der Waals surface area contributed by atoms with Crippen molar-refractivity contribution < 1.29 is 4.74 Å². The van der Waals surface area contributed by atoms with Gasteiger partial charge >= 0.3 is 0 Å². The van der Waals surface area contributed by atoms with Crippen molar-refractivity contribution in [3.05, 3.63) is 58.6 Å². The van der Waals surface area contributed by atoms with Crippen LogP contribution in [-0.4, -0.2) is 11.2 Å². The van der Waals surface area contributed by atoms with Gasteiger partial charge < -0.3 is 15.4 Å². The van der Waals surface area contributed by atoms with Gasteiger partial charge in [0.25, 0.3) is 0 Å². The molecular formula is C18H21ClN2OS. The van der Waals surface area contributed by atoms with Crippen LogP contribution in [-0.2, 0) is 6.54 Å². The van der Waals surface area contributed by atoms with Crippen LogP contribution in [0.1, 0.15) is 25.0 Å². The zero-order valence-corrected chi connectivity index (χ0v) is 15.1. The number of thiocarbonyl (C=S) groups is 1. The number of halogens is 1. The second-order valence-electron chi connectivity index (χ2n) is 5.59. The van der Waals surface area contributed by atoms with Gasteiger partial charge in [-0.05, 0) is 68.4 Å². The molecule has 0 bridgehead atoms. The van der Waals surface area contributed by atoms with Gasteiger partial charge in [0.05, 0.1) is 6.10 Å². The summed E-state index contributed by atoms with van der Waals surface area (Å²) >= 11 is 11.4. The Morgan fingerprint density at radius 3 is 2.70 bits per heavy atom. The van der Waals surface area contributed by atoms with Gasteiger partial charge in [-0.25, -0.2) is 0 Å². The summed E-state index contributed by atoms with van der Waals surface area (Å²) in [6.45, 7) is 6.61. The summed E-state index contributed by atoms with van der Waals surface area (Å²) < 4.78 is 5.69. The predicted octanol–water partition coefficient (Wildman–Crippen LogP) is 4.92. The van der Waals surface area contributed by atoms with Crippen molar-refractivity contribution in [3.8, 4) is 5.75 Å². The molecular weight excluding hydrogens is 328 g/mol. The first-order valence-corrected chi connectivity index (χ1v) is 8.29. The molecule has 0 aliphatic rings. The second-order valence-corrected chi connectivity index (χ2v) is 6.40. The Kier molecular flexibility index (Phi) is 6.25. The average Bonchev–Trinajstić information content (AvgIpc) is 2.49. The van der Waals surface area contributed by atoms with Gasteiger partial charge in [0.15, 0.2) is 5.11 Å². The number of hydrogen-bond donors (Lipinski definition) is 2. The molecule has 0 unspecified atom stereocenters. The Balaban J connectivity index is 1.90. The molecule has 2 aromatic rings. The lowest BCUT2D eigenvalue weighted by molar-refractivity contribution is 0.242. The van der Waals surface area contributed by atoms with Gasteiger partial charge in [-0.15, -0.1) is 0 Å². The van der Waals surface area contributed by atoms with Gasteiger partial charge in [0.2, 0.25) is 0 Å². The van der Waals surface area contributed by atoms with Crippen LogP contribution < -0.4 is 15.4 Å². The maximum atomic E-state index is 6.11. The maximum Gasteiger partial charge on any atom is 0.171 e. The molecule has 0 aliphatic carbocycles. The van der Waals surface area contributed by atoms with Crippen molar-refractivity contribution in [1.29, 1.82) is 0 Å². The van der Waals surface area contributed by atoms with Crippen LogP contribution in [0, 0.1) is 6.92 Å². The highest BCUT2D eigenvalue weighted by Gasteiger charge is 2.03. The highest BCUT2D eigenvalue weighted by atomic mass is 35.5. The molecule has 0 spiro atoms. The standard InChI is InChI=1S/C18H21ClN2OS/c1-12(2)22-16-6-4-5-14(9-16)11-20-18(23)21-15-8-7-13(3)17(19)10-15/h4-10,12H,11H2,1-3H3,(H2,20,21,23). The molecule has 23 heavy (non-hydrogen) atoms. The van der Waals surface area contributed by atoms with E-state index < -0.39 is 0 Å². The fraction of sp³-hybridized carbons (Fsp3) is 0.278. The summed E-state index contributed by atoms with van der Waals surface area (Å²) in [5.74, 6) is 0.864. The summed E-state index contributed by atoms with van der Waals surface area (Å²) in [6.07, 6.45) is 0.159. The Labute approximate surface area is 148 Å². The van der Waals surface area contributed by atoms with E-state index in [4.69, 9.17) is 28.6 Å². The van der Waals surface area contributed by atoms with E-state index in [0.29, 0.717) is 11.7 Å². The van der Waals surface area contributed by atoms with E-state index in [0.717, 1.165) is 27.6 Å². The molecule has 2 N–H and O–H groups in total. The Morgan fingerprint density at radius 2 is 2.00 bits per heavy atom. The molecule has 0 amide bonds. The first-order chi connectivity index (χ1) is 10.9. The molecule has 0 heterocycles. The quantitative estimate of drug-likeness (QED) is 0.751. The SMILES string of the molecule is Cc1ccc(NC(=S)NCc2cccc(OC(C)C)c2)cc1Cl. The molecule has 0 radical (unpaired) electrons. The van der Waals surface area contributed by atoms with Crippen molar-refractivity contribution in [2.45, 2.75) is 33.4 Å². The Morgan fingerprint density at radius 1 is 1.22 bits per heavy atom. The van der Waals surface area contributed by atoms with E-state index in [1.165, 1.54) is 0 Å². The number of hydrogen-bond acceptors (Lipinski definition) is 2. The number of rotatable bonds is 5. The molecule has 0 saturated carbocycles. The highest BCUT2D eigenvalue weighted by molar-refractivity contribution is 7.80. The van der Waals surface area contributed by atoms with Crippen molar-refractivity contribution in [2.24, 2.45) is 0 Å². The van der Waals surface area contributed by atoms with Crippen LogP contribution >= 0.6 is 23.8 Å². The third-order valence-electron chi connectivity index (χ3n) is 3.15. The van der Waals surface area contributed by atoms with Crippen LogP contribution in [0.25, 0.3) is 0 Å². The van der Waals surface area contributed by atoms with E-state index >= 15 is 0 Å². The van der Waals surface area contributed by atoms with Crippen LogP contribution in [0.4, 0.5) is 5.69 Å². The van der Waals surface area contributed by atoms with Gasteiger partial charge in [-0.2, -0.15) is 0 Å². The molecule has 2 aromatic carbocycles. The normalized spacial score (nSPS) is 10.5. The first-order valence-electron chi connectivity index (χ1n) is 7.50. The molecule has 2 rings (SSSR count). The summed E-state index contributed by atoms with van der Waals surface area (Å²) in [4.78, 5) is 0. The molecule has 3 nitrogen and oxygen atoms in total. The number of aryl methyl sites for hydroxylation is 1. The van der Waals surface area contributed by atoms with E-state index in [-0.39, 0.29) is 6.10 Å². The number of benzene rings is 2. The minimum Gasteiger partial charge on any atom is -0.491 e. The van der Waals surface area contributed by atoms with Crippen molar-refractivity contribution in [1.82, 2.24) is 5.32 Å². The molecule has 0 aromatic heterocycles. The zero-order valence-electron chi connectivity index (χ0n) is 13.5. The van der Waals surface area contributed by atoms with E-state index in [1.54, 1.807) is 0 Å². The molecule has 5 heteroatoms. The van der Waals surface area contributed by atoms with Crippen molar-refractivity contribution >= 4 is 34.6 Å². The summed E-state index contributed by atoms with van der Waals surface area (Å²) in [5.41, 5.74) is 3.02. The van der Waals surface area contributed by atoms with E-state index in [1.807, 2.05) is 63.2 Å². The second kappa shape index (κ2) is 8.18. The first kappa shape index (κ1) is 17.6. The number of anilines is 1. The highest BCUT2D eigenvalue weighted by Crippen LogP contribution is 2.20. The van der Waals surface area contributed by atoms with Gasteiger partial charge in [0, 0.05) is 17.3 Å². The minimum atomic E-state index is 0.159. The van der Waals surface area contributed by atoms with Crippen molar-refractivity contribution in [3.63, 3.8) is 0 Å². The number of nitrogens with one attached hydrogen (secondary N) is 2. The van der Waals surface area contributed by atoms with Gasteiger partial charge in [0.1, 0.15) is 5.75 Å². The van der Waals surface area contributed by atoms with Gasteiger partial charge in [-0.1, -0.05) is 29.8 Å². The Bertz CT molecular complexity index is 688. The van der Waals surface area contributed by atoms with Crippen LogP contribution in [0.2, 0.25) is 5.02 Å². The molecule has 0 aliphatic heterocycles. The smallest absolute Gasteiger partial charge is 0.171 e. The fourth-order valence-electron chi connectivity index (χ4n) is 2.03. The van der Waals surface area contributed by atoms with E-state index in [9.17, 15) is 0 Å². The lowest BCUT2D eigenvalue weighted by Crippen LogP contribution is -2.27. The topological polar surface area (TPSA) is 33.3 Å². The average molecular weight is 349 g/mol. The maximum absolute atomic E-state index is 6.11. The monoisotopic (exact) mass is 348 g/mol. The molecule has 0 saturated heterocycles. The largest absolute Gasteiger partial charge is 0.491 e. The summed E-state index contributed by atoms with van der Waals surface area (Å²) in [5, 5.41) is 7.59. The van der Waals surface area contributed by atoms with Crippen LogP contribution in [0.5, 0.6) is 5.75 Å². The van der Waals surface area contributed by atoms with E-state index in [2.05, 4.69) is 10.6 Å². The lowest BCUT2D eigenvalue weighted by Gasteiger charge is -2.13. The van der Waals surface area contributed by atoms with Crippen LogP contribution in [0.15, 0.2) is 42.5 Å². The minimum absolute atomic E-state index is 0.159. The van der Waals surface area contributed by atoms with Crippen LogP contribution in [0.3, 0.4) is 0 Å². The fourth-order valence-corrected chi connectivity index (χ4v) is 2.40. The van der Waals surface area contributed by atoms with Gasteiger partial charge in [-0.3, -0.25) is 0 Å². The summed E-state index contributed by atoms with van der Waals surface area (Å²) in [6, 6.07) is 13.7. The lowest BCUT2D eigenvalue weighted by atomic mass is 10.2. The zero-order chi connectivity index (χ0) is 16.8. The predicted molar refractivity (Wildman–Crippen MR) is 101 cm³/mol. The molecule has 0 atom stereocenters. The molecule has 122 valence electrons. The van der Waals surface area contributed by atoms with Crippen molar-refractivity contribution in [2.75, 3.05) is 5.32 Å². The molecule has 0 fully saturated rings. The summed E-state index contributed by atoms with van der Waals surface area (Å²) in [7, 11) is 0. The third kappa shape index (κ3) is 5.73. The number of ether oxygens (including phenoxy) is 1. The third-order valence-corrected chi connectivity index (χ3v) is 3.81.